The normalized spacial score (nSPS) is 17.8. The van der Waals surface area contributed by atoms with Gasteiger partial charge in [0.1, 0.15) is 18.2 Å². The van der Waals surface area contributed by atoms with Gasteiger partial charge in [0.25, 0.3) is 0 Å². The topological polar surface area (TPSA) is 87.6 Å². The van der Waals surface area contributed by atoms with Gasteiger partial charge in [0.15, 0.2) is 0 Å². The summed E-state index contributed by atoms with van der Waals surface area (Å²) in [6, 6.07) is 11.3. The molecule has 2 saturated heterocycles. The number of anilines is 2. The van der Waals surface area contributed by atoms with Crippen molar-refractivity contribution >= 4 is 27.9 Å². The molecular weight excluding hydrogens is 454 g/mol. The summed E-state index contributed by atoms with van der Waals surface area (Å²) in [5.41, 5.74) is 1.65. The van der Waals surface area contributed by atoms with E-state index in [-0.39, 0.29) is 0 Å². The van der Waals surface area contributed by atoms with Crippen LogP contribution in [0.4, 0.5) is 11.5 Å². The van der Waals surface area contributed by atoms with Crippen molar-refractivity contribution in [3.63, 3.8) is 0 Å². The van der Waals surface area contributed by atoms with Gasteiger partial charge >= 0.3 is 10.2 Å². The molecule has 0 radical (unpaired) electrons. The number of benzene rings is 1. The smallest absolute Gasteiger partial charge is 0.304 e. The molecule has 0 atom stereocenters. The van der Waals surface area contributed by atoms with Crippen LogP contribution in [0.15, 0.2) is 47.8 Å². The fourth-order valence-corrected chi connectivity index (χ4v) is 5.57. The number of aromatic nitrogens is 1. The quantitative estimate of drug-likeness (QED) is 0.259. The van der Waals surface area contributed by atoms with Crippen molar-refractivity contribution in [1.29, 1.82) is 0 Å². The van der Waals surface area contributed by atoms with E-state index in [9.17, 15) is 8.42 Å². The average molecular weight is 488 g/mol. The minimum atomic E-state index is -3.49. The summed E-state index contributed by atoms with van der Waals surface area (Å²) < 4.78 is 35.0. The molecule has 3 heterocycles. The van der Waals surface area contributed by atoms with E-state index < -0.39 is 10.2 Å². The summed E-state index contributed by atoms with van der Waals surface area (Å²) in [6.45, 7) is 6.50. The van der Waals surface area contributed by atoms with Gasteiger partial charge in [0.05, 0.1) is 18.5 Å². The number of oxime groups is 1. The number of ether oxygens (including phenoxy) is 1. The van der Waals surface area contributed by atoms with Crippen molar-refractivity contribution in [2.24, 2.45) is 5.16 Å². The largest absolute Gasteiger partial charge is 0.494 e. The van der Waals surface area contributed by atoms with Gasteiger partial charge in [0, 0.05) is 45.0 Å². The number of hydrogen-bond donors (Lipinski definition) is 0. The Morgan fingerprint density at radius 3 is 2.62 bits per heavy atom. The Hall–Kier alpha value is -2.85. The molecule has 2 fully saturated rings. The highest BCUT2D eigenvalue weighted by atomic mass is 32.2. The lowest BCUT2D eigenvalue weighted by Gasteiger charge is -2.32. The lowest BCUT2D eigenvalue weighted by Crippen LogP contribution is -2.38. The van der Waals surface area contributed by atoms with Crippen molar-refractivity contribution in [2.75, 3.05) is 55.1 Å². The summed E-state index contributed by atoms with van der Waals surface area (Å²) in [7, 11) is -3.49. The maximum absolute atomic E-state index is 13.0. The minimum absolute atomic E-state index is 0.472. The van der Waals surface area contributed by atoms with Crippen LogP contribution in [0, 0.1) is 0 Å². The van der Waals surface area contributed by atoms with Crippen LogP contribution in [-0.2, 0) is 15.0 Å². The van der Waals surface area contributed by atoms with Crippen LogP contribution in [0.3, 0.4) is 0 Å². The summed E-state index contributed by atoms with van der Waals surface area (Å²) in [4.78, 5) is 11.5. The molecule has 0 unspecified atom stereocenters. The van der Waals surface area contributed by atoms with Crippen molar-refractivity contribution in [1.82, 2.24) is 9.29 Å². The number of hydrogen-bond acceptors (Lipinski definition) is 7. The maximum Gasteiger partial charge on any atom is 0.304 e. The Balaban J connectivity index is 1.18. The lowest BCUT2D eigenvalue weighted by molar-refractivity contribution is 0.160. The Morgan fingerprint density at radius 1 is 1.06 bits per heavy atom. The van der Waals surface area contributed by atoms with Gasteiger partial charge < -0.3 is 14.5 Å². The van der Waals surface area contributed by atoms with Crippen LogP contribution >= 0.6 is 0 Å². The zero-order chi connectivity index (χ0) is 23.8. The Kier molecular flexibility index (Phi) is 8.23. The first kappa shape index (κ1) is 24.3. The van der Waals surface area contributed by atoms with Crippen LogP contribution in [0.5, 0.6) is 5.75 Å². The number of pyridine rings is 1. The van der Waals surface area contributed by atoms with E-state index in [1.165, 1.54) is 4.31 Å². The molecule has 1 aromatic heterocycles. The van der Waals surface area contributed by atoms with Crippen LogP contribution in [-0.4, -0.2) is 69.9 Å². The van der Waals surface area contributed by atoms with Crippen LogP contribution in [0.2, 0.25) is 0 Å². The van der Waals surface area contributed by atoms with E-state index in [1.807, 2.05) is 37.3 Å². The molecule has 0 amide bonds. The van der Waals surface area contributed by atoms with Gasteiger partial charge in [-0.2, -0.15) is 12.7 Å². The molecule has 1 aromatic carbocycles. The minimum Gasteiger partial charge on any atom is -0.494 e. The van der Waals surface area contributed by atoms with Gasteiger partial charge in [-0.05, 0) is 68.5 Å². The van der Waals surface area contributed by atoms with E-state index in [2.05, 4.69) is 15.0 Å². The second kappa shape index (κ2) is 11.5. The van der Waals surface area contributed by atoms with Crippen LogP contribution in [0.25, 0.3) is 0 Å². The number of nitrogens with zero attached hydrogens (tertiary/aromatic N) is 5. The highest BCUT2D eigenvalue weighted by Gasteiger charge is 2.36. The Labute approximate surface area is 202 Å². The highest BCUT2D eigenvalue weighted by molar-refractivity contribution is 7.90. The summed E-state index contributed by atoms with van der Waals surface area (Å²) in [5.74, 6) is 1.66. The molecule has 9 nitrogen and oxygen atoms in total. The van der Waals surface area contributed by atoms with Gasteiger partial charge in [0.2, 0.25) is 0 Å². The first-order valence-corrected chi connectivity index (χ1v) is 13.3. The molecule has 0 aliphatic carbocycles. The zero-order valence-corrected chi connectivity index (χ0v) is 20.5. The van der Waals surface area contributed by atoms with E-state index in [4.69, 9.17) is 9.57 Å². The Bertz CT molecular complexity index is 1060. The van der Waals surface area contributed by atoms with Gasteiger partial charge in [-0.1, -0.05) is 5.16 Å². The molecule has 10 heteroatoms. The molecule has 0 N–H and O–H groups in total. The van der Waals surface area contributed by atoms with Crippen LogP contribution < -0.4 is 13.9 Å². The van der Waals surface area contributed by atoms with Crippen molar-refractivity contribution in [2.45, 2.75) is 32.6 Å². The van der Waals surface area contributed by atoms with Gasteiger partial charge in [-0.15, -0.1) is 0 Å². The van der Waals surface area contributed by atoms with Crippen LogP contribution in [0.1, 0.15) is 38.2 Å². The second-order valence-electron chi connectivity index (χ2n) is 8.32. The predicted molar refractivity (Wildman–Crippen MR) is 134 cm³/mol. The van der Waals surface area contributed by atoms with Crippen molar-refractivity contribution < 1.29 is 18.0 Å². The highest BCUT2D eigenvalue weighted by Crippen LogP contribution is 2.29. The molecule has 4 rings (SSSR count). The average Bonchev–Trinajstić information content (AvgIpc) is 3.10. The molecule has 0 spiro atoms. The third kappa shape index (κ3) is 5.98. The number of unbranched alkanes of at least 4 members (excludes halogenated alkanes) is 2. The molecule has 34 heavy (non-hydrogen) atoms. The van der Waals surface area contributed by atoms with Gasteiger partial charge in [-0.25, -0.2) is 4.98 Å². The zero-order valence-electron chi connectivity index (χ0n) is 19.7. The summed E-state index contributed by atoms with van der Waals surface area (Å²) >= 11 is 0. The molecule has 2 aliphatic rings. The predicted octanol–water partition coefficient (Wildman–Crippen LogP) is 3.28. The standard InChI is InChI=1S/C24H33N5O4S/c1-2-33-26-20-21-7-9-23(10-8-21)32-18-5-3-4-15-28-16-17-29(34(28,30)31)22-11-12-25-24(19-22)27-13-6-14-27/h7-12,19-20H,2-6,13-18H2,1H3/b26-20+. The first-order chi connectivity index (χ1) is 16.6. The fraction of sp³-hybridized carbons (Fsp3) is 0.500. The summed E-state index contributed by atoms with van der Waals surface area (Å²) in [6.07, 6.45) is 7.10. The monoisotopic (exact) mass is 487 g/mol. The van der Waals surface area contributed by atoms with E-state index in [1.54, 1.807) is 22.8 Å². The van der Waals surface area contributed by atoms with Crippen molar-refractivity contribution in [3.8, 4) is 5.75 Å². The first-order valence-electron chi connectivity index (χ1n) is 11.9. The number of rotatable bonds is 12. The molecular formula is C24H33N5O4S. The van der Waals surface area contributed by atoms with Crippen molar-refractivity contribution in [3.05, 3.63) is 48.2 Å². The Morgan fingerprint density at radius 2 is 1.88 bits per heavy atom. The van der Waals surface area contributed by atoms with E-state index in [0.29, 0.717) is 38.5 Å². The second-order valence-corrected chi connectivity index (χ2v) is 10.2. The maximum atomic E-state index is 13.0. The fourth-order valence-electron chi connectivity index (χ4n) is 3.92. The molecule has 2 aromatic rings. The SMILES string of the molecule is CCO/N=C/c1ccc(OCCCCCN2CCN(c3ccnc(N4CCC4)c3)S2(=O)=O)cc1. The third-order valence-electron chi connectivity index (χ3n) is 5.96. The molecule has 0 bridgehead atoms. The summed E-state index contributed by atoms with van der Waals surface area (Å²) in [5, 5.41) is 3.85. The molecule has 2 aliphatic heterocycles. The third-order valence-corrected chi connectivity index (χ3v) is 7.93. The lowest BCUT2D eigenvalue weighted by atomic mass is 10.2. The van der Waals surface area contributed by atoms with E-state index >= 15 is 0 Å². The van der Waals surface area contributed by atoms with E-state index in [0.717, 1.165) is 55.9 Å². The molecule has 0 saturated carbocycles. The van der Waals surface area contributed by atoms with Gasteiger partial charge in [-0.3, -0.25) is 4.31 Å². The molecule has 184 valence electrons.